The summed E-state index contributed by atoms with van der Waals surface area (Å²) in [7, 11) is 0. The van der Waals surface area contributed by atoms with Crippen LogP contribution >= 0.6 is 0 Å². The van der Waals surface area contributed by atoms with E-state index in [2.05, 4.69) is 43.9 Å². The summed E-state index contributed by atoms with van der Waals surface area (Å²) in [5.41, 5.74) is 3.19. The quantitative estimate of drug-likeness (QED) is 0.335. The van der Waals surface area contributed by atoms with Crippen LogP contribution in [0.15, 0.2) is 70.4 Å². The van der Waals surface area contributed by atoms with Gasteiger partial charge in [-0.25, -0.2) is 8.78 Å². The molecule has 0 aromatic heterocycles. The molecule has 5 atom stereocenters. The zero-order chi connectivity index (χ0) is 25.4. The van der Waals surface area contributed by atoms with Gasteiger partial charge >= 0.3 is 11.8 Å². The maximum atomic E-state index is 15.4. The third-order valence-electron chi connectivity index (χ3n) is 9.79. The Morgan fingerprint density at radius 3 is 2.50 bits per heavy atom. The summed E-state index contributed by atoms with van der Waals surface area (Å²) < 4.78 is 59.4. The molecule has 2 saturated carbocycles. The Balaban J connectivity index is 0.00000304. The molecule has 1 N–H and O–H groups in total. The molecule has 0 amide bonds. The van der Waals surface area contributed by atoms with Crippen molar-refractivity contribution in [2.45, 2.75) is 89.6 Å². The summed E-state index contributed by atoms with van der Waals surface area (Å²) in [4.78, 5) is 0. The standard InChI is InChI=1S/C30H36F4O.Y/c1-18-6-5-7-20(10-8-18)24-17-27(3)25(14-15-29(27,35)30(33,34)28(4,31)32)23-13-11-21-16-19(2)9-12-22(21)26(23)24;/h5,7-8,10,16,23-25,35H,2,6,9,11-15,17H2,1,3-4H3;. The number of halogens is 4. The minimum absolute atomic E-state index is 0. The van der Waals surface area contributed by atoms with Gasteiger partial charge in [-0.15, -0.1) is 0 Å². The van der Waals surface area contributed by atoms with E-state index in [0.29, 0.717) is 6.42 Å². The summed E-state index contributed by atoms with van der Waals surface area (Å²) in [5.74, 6) is -9.24. The van der Waals surface area contributed by atoms with Gasteiger partial charge in [0, 0.05) is 51.0 Å². The van der Waals surface area contributed by atoms with Gasteiger partial charge in [-0.2, -0.15) is 8.78 Å². The van der Waals surface area contributed by atoms with Crippen LogP contribution in [0.5, 0.6) is 0 Å². The first-order valence-corrected chi connectivity index (χ1v) is 12.9. The van der Waals surface area contributed by atoms with Crippen LogP contribution in [0, 0.1) is 23.2 Å². The molecule has 193 valence electrons. The fourth-order valence-corrected chi connectivity index (χ4v) is 7.91. The van der Waals surface area contributed by atoms with E-state index in [4.69, 9.17) is 0 Å². The van der Waals surface area contributed by atoms with Crippen molar-refractivity contribution < 1.29 is 55.4 Å². The minimum Gasteiger partial charge on any atom is -0.383 e. The fourth-order valence-electron chi connectivity index (χ4n) is 7.91. The molecule has 5 unspecified atom stereocenters. The molecule has 0 aliphatic heterocycles. The largest absolute Gasteiger partial charge is 0.383 e. The molecule has 0 saturated heterocycles. The molecule has 0 heterocycles. The van der Waals surface area contributed by atoms with Crippen LogP contribution in [0.2, 0.25) is 0 Å². The number of aliphatic hydroxyl groups is 1. The summed E-state index contributed by atoms with van der Waals surface area (Å²) in [6.45, 7) is 8.12. The van der Waals surface area contributed by atoms with E-state index in [0.717, 1.165) is 43.3 Å². The first kappa shape index (κ1) is 28.2. The molecular weight excluding hydrogens is 541 g/mol. The van der Waals surface area contributed by atoms with E-state index in [9.17, 15) is 13.9 Å². The molecule has 5 aliphatic carbocycles. The molecule has 36 heavy (non-hydrogen) atoms. The molecular formula is C30H36F4OY. The van der Waals surface area contributed by atoms with Crippen molar-refractivity contribution in [2.24, 2.45) is 23.2 Å². The van der Waals surface area contributed by atoms with Crippen LogP contribution in [-0.2, 0) is 32.7 Å². The Morgan fingerprint density at radius 2 is 1.81 bits per heavy atom. The van der Waals surface area contributed by atoms with Crippen LogP contribution < -0.4 is 0 Å². The zero-order valence-corrected chi connectivity index (χ0v) is 24.4. The average Bonchev–Trinajstić information content (AvgIpc) is 2.91. The first-order valence-electron chi connectivity index (χ1n) is 12.9. The van der Waals surface area contributed by atoms with Crippen LogP contribution in [0.1, 0.15) is 72.1 Å². The molecule has 6 heteroatoms. The van der Waals surface area contributed by atoms with Crippen molar-refractivity contribution in [2.75, 3.05) is 0 Å². The Hall–Kier alpha value is -0.776. The summed E-state index contributed by atoms with van der Waals surface area (Å²) in [5, 5.41) is 11.6. The number of hydrogen-bond donors (Lipinski definition) is 1. The average molecular weight is 578 g/mol. The topological polar surface area (TPSA) is 20.2 Å². The van der Waals surface area contributed by atoms with Gasteiger partial charge in [0.15, 0.2) is 0 Å². The van der Waals surface area contributed by atoms with Gasteiger partial charge in [0.1, 0.15) is 5.60 Å². The third-order valence-corrected chi connectivity index (χ3v) is 9.79. The van der Waals surface area contributed by atoms with Gasteiger partial charge in [0.05, 0.1) is 0 Å². The van der Waals surface area contributed by atoms with E-state index in [-0.39, 0.29) is 70.2 Å². The van der Waals surface area contributed by atoms with Crippen molar-refractivity contribution in [3.05, 3.63) is 70.4 Å². The second-order valence-electron chi connectivity index (χ2n) is 11.8. The predicted octanol–water partition coefficient (Wildman–Crippen LogP) is 8.26. The van der Waals surface area contributed by atoms with Crippen molar-refractivity contribution >= 4 is 0 Å². The number of rotatable bonds is 3. The SMILES string of the molecule is C=C1C=C2CCC3C(=C2CC1)C(C1=CC=C(C)CC=C1)CC1(C)C3CCC1(O)C(F)(F)C(C)(F)F.[Y]. The van der Waals surface area contributed by atoms with Crippen LogP contribution in [0.4, 0.5) is 17.6 Å². The van der Waals surface area contributed by atoms with E-state index >= 15 is 8.78 Å². The molecule has 5 rings (SSSR count). The van der Waals surface area contributed by atoms with E-state index in [1.54, 1.807) is 6.92 Å². The molecule has 1 nitrogen and oxygen atoms in total. The van der Waals surface area contributed by atoms with Gasteiger partial charge in [0.2, 0.25) is 0 Å². The van der Waals surface area contributed by atoms with Gasteiger partial charge in [-0.05, 0) is 86.8 Å². The zero-order valence-electron chi connectivity index (χ0n) is 21.5. The van der Waals surface area contributed by atoms with Crippen molar-refractivity contribution in [3.8, 4) is 0 Å². The Labute approximate surface area is 237 Å². The molecule has 0 spiro atoms. The third kappa shape index (κ3) is 4.06. The van der Waals surface area contributed by atoms with Crippen molar-refractivity contribution in [1.29, 1.82) is 0 Å². The monoisotopic (exact) mass is 577 g/mol. The van der Waals surface area contributed by atoms with Gasteiger partial charge in [-0.1, -0.05) is 60.6 Å². The second kappa shape index (κ2) is 9.45. The fraction of sp³-hybridized carbons (Fsp3) is 0.600. The molecule has 2 fully saturated rings. The number of fused-ring (bicyclic) bond motifs is 4. The van der Waals surface area contributed by atoms with Crippen LogP contribution in [-0.4, -0.2) is 22.6 Å². The predicted molar refractivity (Wildman–Crippen MR) is 131 cm³/mol. The van der Waals surface area contributed by atoms with Crippen LogP contribution in [0.25, 0.3) is 0 Å². The maximum absolute atomic E-state index is 15.4. The Bertz CT molecular complexity index is 1100. The molecule has 0 aromatic rings. The number of alkyl halides is 4. The molecule has 1 radical (unpaired) electrons. The normalized spacial score (nSPS) is 36.6. The summed E-state index contributed by atoms with van der Waals surface area (Å²) in [6, 6.07) is 0. The molecule has 0 aromatic carbocycles. The van der Waals surface area contributed by atoms with Gasteiger partial charge in [-0.3, -0.25) is 0 Å². The maximum Gasteiger partial charge on any atom is 0.338 e. The number of hydrogen-bond acceptors (Lipinski definition) is 1. The summed E-state index contributed by atoms with van der Waals surface area (Å²) in [6.07, 6.45) is 15.0. The molecule has 0 bridgehead atoms. The van der Waals surface area contributed by atoms with Gasteiger partial charge in [0.25, 0.3) is 0 Å². The minimum atomic E-state index is -4.51. The first-order chi connectivity index (χ1) is 16.3. The van der Waals surface area contributed by atoms with Gasteiger partial charge < -0.3 is 5.11 Å². The van der Waals surface area contributed by atoms with E-state index in [1.165, 1.54) is 22.3 Å². The van der Waals surface area contributed by atoms with Crippen molar-refractivity contribution in [1.82, 2.24) is 0 Å². The second-order valence-corrected chi connectivity index (χ2v) is 11.8. The van der Waals surface area contributed by atoms with Crippen molar-refractivity contribution in [3.63, 3.8) is 0 Å². The van der Waals surface area contributed by atoms with E-state index in [1.807, 2.05) is 0 Å². The smallest absolute Gasteiger partial charge is 0.338 e. The van der Waals surface area contributed by atoms with Crippen LogP contribution in [0.3, 0.4) is 0 Å². The summed E-state index contributed by atoms with van der Waals surface area (Å²) >= 11 is 0. The molecule has 5 aliphatic rings. The number of allylic oxidation sites excluding steroid dienone is 11. The Morgan fingerprint density at radius 1 is 1.08 bits per heavy atom. The Kier molecular flexibility index (Phi) is 7.41. The van der Waals surface area contributed by atoms with E-state index < -0.39 is 22.9 Å².